The molecule has 2 aromatic carbocycles. The number of fused-ring (bicyclic) bond motifs is 1. The van der Waals surface area contributed by atoms with E-state index in [9.17, 15) is 22.7 Å². The summed E-state index contributed by atoms with van der Waals surface area (Å²) in [6.07, 6.45) is -1.41. The molecule has 4 aromatic rings. The Morgan fingerprint density at radius 2 is 1.97 bits per heavy atom. The zero-order valence-electron chi connectivity index (χ0n) is 19.0. The molecule has 0 spiro atoms. The standard InChI is InChI=1S/C24H21F4IN6O/c1-34-22-16(20(33-34)15-10-17(24(26,27)28)18(25)21(36)19(15)29)12-31-23(32-22)30-11-14-8-5-9-35(14)13-6-3-2-4-7-13/h2-4,6-7,10,12,14,36H,5,8-9,11H2,1H3,(H,30,31,32). The molecule has 1 aliphatic heterocycles. The molecule has 12 heteroatoms. The number of aromatic hydroxyl groups is 1. The Hall–Kier alpha value is -3.16. The van der Waals surface area contributed by atoms with Crippen LogP contribution in [0.15, 0.2) is 42.6 Å². The highest BCUT2D eigenvalue weighted by molar-refractivity contribution is 14.1. The van der Waals surface area contributed by atoms with E-state index in [2.05, 4.69) is 37.4 Å². The summed E-state index contributed by atoms with van der Waals surface area (Å²) >= 11 is 1.60. The maximum absolute atomic E-state index is 14.1. The molecule has 2 aromatic heterocycles. The SMILES string of the molecule is Cn1nc(-c2cc(C(F)(F)F)c(F)c(O)c2I)c2cnc(NCC3CCCN3c3ccccc3)nc21. The molecule has 0 saturated carbocycles. The molecule has 1 fully saturated rings. The molecule has 1 unspecified atom stereocenters. The van der Waals surface area contributed by atoms with Crippen molar-refractivity contribution in [2.45, 2.75) is 25.1 Å². The summed E-state index contributed by atoms with van der Waals surface area (Å²) in [7, 11) is 1.61. The molecule has 1 aliphatic rings. The lowest BCUT2D eigenvalue weighted by Crippen LogP contribution is -2.35. The second-order valence-electron chi connectivity index (χ2n) is 8.56. The molecule has 3 heterocycles. The lowest BCUT2D eigenvalue weighted by atomic mass is 10.0. The lowest BCUT2D eigenvalue weighted by Gasteiger charge is -2.27. The number of aryl methyl sites for hydroxylation is 1. The van der Waals surface area contributed by atoms with E-state index in [1.54, 1.807) is 29.6 Å². The van der Waals surface area contributed by atoms with E-state index >= 15 is 0 Å². The van der Waals surface area contributed by atoms with Crippen molar-refractivity contribution in [1.82, 2.24) is 19.7 Å². The van der Waals surface area contributed by atoms with Crippen LogP contribution in [0.2, 0.25) is 0 Å². The monoisotopic (exact) mass is 612 g/mol. The summed E-state index contributed by atoms with van der Waals surface area (Å²) < 4.78 is 55.6. The van der Waals surface area contributed by atoms with Crippen LogP contribution in [0, 0.1) is 9.39 Å². The van der Waals surface area contributed by atoms with E-state index in [4.69, 9.17) is 0 Å². The van der Waals surface area contributed by atoms with E-state index in [1.165, 1.54) is 10.9 Å². The lowest BCUT2D eigenvalue weighted by molar-refractivity contribution is -0.140. The topological polar surface area (TPSA) is 79.1 Å². The zero-order chi connectivity index (χ0) is 25.6. The first-order valence-electron chi connectivity index (χ1n) is 11.2. The van der Waals surface area contributed by atoms with Gasteiger partial charge in [0.05, 0.1) is 14.5 Å². The van der Waals surface area contributed by atoms with E-state index in [0.29, 0.717) is 29.6 Å². The minimum Gasteiger partial charge on any atom is -0.504 e. The first kappa shape index (κ1) is 24.5. The van der Waals surface area contributed by atoms with Crippen LogP contribution >= 0.6 is 22.6 Å². The number of anilines is 2. The van der Waals surface area contributed by atoms with E-state index in [1.807, 2.05) is 18.2 Å². The average molecular weight is 612 g/mol. The second kappa shape index (κ2) is 9.37. The van der Waals surface area contributed by atoms with E-state index in [-0.39, 0.29) is 20.9 Å². The fourth-order valence-electron chi connectivity index (χ4n) is 4.54. The van der Waals surface area contributed by atoms with Gasteiger partial charge in [-0.2, -0.15) is 23.3 Å². The number of hydrogen-bond acceptors (Lipinski definition) is 6. The van der Waals surface area contributed by atoms with Gasteiger partial charge in [-0.15, -0.1) is 0 Å². The zero-order valence-corrected chi connectivity index (χ0v) is 21.2. The van der Waals surface area contributed by atoms with Crippen LogP contribution in [0.4, 0.5) is 29.2 Å². The minimum atomic E-state index is -4.98. The van der Waals surface area contributed by atoms with Crippen LogP contribution in [0.25, 0.3) is 22.3 Å². The Balaban J connectivity index is 1.44. The molecule has 36 heavy (non-hydrogen) atoms. The number of para-hydroxylation sites is 1. The van der Waals surface area contributed by atoms with Gasteiger partial charge in [0.25, 0.3) is 0 Å². The van der Waals surface area contributed by atoms with Gasteiger partial charge in [-0.05, 0) is 53.6 Å². The Labute approximate surface area is 217 Å². The predicted molar refractivity (Wildman–Crippen MR) is 136 cm³/mol. The van der Waals surface area contributed by atoms with Crippen molar-refractivity contribution in [3.8, 4) is 17.0 Å². The maximum atomic E-state index is 14.1. The average Bonchev–Trinajstić information content (AvgIpc) is 3.45. The number of halogens is 5. The number of nitrogens with zero attached hydrogens (tertiary/aromatic N) is 5. The van der Waals surface area contributed by atoms with Gasteiger partial charge in [-0.25, -0.2) is 14.1 Å². The van der Waals surface area contributed by atoms with Crippen molar-refractivity contribution in [2.24, 2.45) is 7.05 Å². The maximum Gasteiger partial charge on any atom is 0.419 e. The third-order valence-corrected chi connectivity index (χ3v) is 7.37. The number of alkyl halides is 3. The van der Waals surface area contributed by atoms with Crippen LogP contribution in [0.3, 0.4) is 0 Å². The fraction of sp³-hybridized carbons (Fsp3) is 0.292. The molecular weight excluding hydrogens is 591 g/mol. The molecule has 0 aliphatic carbocycles. The van der Waals surface area contributed by atoms with Crippen LogP contribution in [0.5, 0.6) is 5.75 Å². The normalized spacial score (nSPS) is 16.2. The number of nitrogens with one attached hydrogen (secondary N) is 1. The molecule has 2 N–H and O–H groups in total. The van der Waals surface area contributed by atoms with Gasteiger partial charge >= 0.3 is 6.18 Å². The van der Waals surface area contributed by atoms with Crippen LogP contribution in [0.1, 0.15) is 18.4 Å². The third-order valence-electron chi connectivity index (χ3n) is 6.28. The molecule has 5 rings (SSSR count). The summed E-state index contributed by atoms with van der Waals surface area (Å²) in [5.41, 5.74) is 0.0521. The van der Waals surface area contributed by atoms with Gasteiger partial charge in [0.1, 0.15) is 5.69 Å². The smallest absolute Gasteiger partial charge is 0.419 e. The predicted octanol–water partition coefficient (Wildman–Crippen LogP) is 5.58. The summed E-state index contributed by atoms with van der Waals surface area (Å²) in [6, 6.07) is 11.1. The highest BCUT2D eigenvalue weighted by atomic mass is 127. The third kappa shape index (κ3) is 4.42. The van der Waals surface area contributed by atoms with E-state index in [0.717, 1.165) is 25.1 Å². The number of hydrogen-bond donors (Lipinski definition) is 2. The molecular formula is C24H21F4IN6O. The van der Waals surface area contributed by atoms with Crippen LogP contribution < -0.4 is 10.2 Å². The molecule has 0 bridgehead atoms. The largest absolute Gasteiger partial charge is 0.504 e. The van der Waals surface area contributed by atoms with Crippen molar-refractivity contribution in [3.05, 3.63) is 57.5 Å². The Morgan fingerprint density at radius 1 is 1.22 bits per heavy atom. The van der Waals surface area contributed by atoms with Crippen molar-refractivity contribution in [2.75, 3.05) is 23.3 Å². The van der Waals surface area contributed by atoms with Gasteiger partial charge in [-0.1, -0.05) is 18.2 Å². The van der Waals surface area contributed by atoms with Crippen molar-refractivity contribution < 1.29 is 22.7 Å². The molecule has 7 nitrogen and oxygen atoms in total. The molecule has 188 valence electrons. The first-order valence-corrected chi connectivity index (χ1v) is 12.3. The highest BCUT2D eigenvalue weighted by Gasteiger charge is 2.37. The van der Waals surface area contributed by atoms with Crippen molar-refractivity contribution in [1.29, 1.82) is 0 Å². The highest BCUT2D eigenvalue weighted by Crippen LogP contribution is 2.42. The Bertz CT molecular complexity index is 1430. The minimum absolute atomic E-state index is 0.0545. The fourth-order valence-corrected chi connectivity index (χ4v) is 5.19. The van der Waals surface area contributed by atoms with E-state index < -0.39 is 23.3 Å². The van der Waals surface area contributed by atoms with Gasteiger partial charge in [0.15, 0.2) is 17.2 Å². The molecule has 1 atom stereocenters. The van der Waals surface area contributed by atoms with Crippen LogP contribution in [-0.2, 0) is 13.2 Å². The Morgan fingerprint density at radius 3 is 2.69 bits per heavy atom. The summed E-state index contributed by atoms with van der Waals surface area (Å²) in [6.45, 7) is 1.58. The first-order chi connectivity index (χ1) is 17.1. The second-order valence-corrected chi connectivity index (χ2v) is 9.63. The van der Waals surface area contributed by atoms with Gasteiger partial charge in [0.2, 0.25) is 5.95 Å². The van der Waals surface area contributed by atoms with Gasteiger partial charge < -0.3 is 15.3 Å². The molecule has 0 radical (unpaired) electrons. The van der Waals surface area contributed by atoms with Crippen LogP contribution in [-0.4, -0.2) is 44.0 Å². The van der Waals surface area contributed by atoms with Gasteiger partial charge in [0, 0.05) is 43.6 Å². The number of rotatable bonds is 5. The van der Waals surface area contributed by atoms with Crippen molar-refractivity contribution in [3.63, 3.8) is 0 Å². The summed E-state index contributed by atoms with van der Waals surface area (Å²) in [4.78, 5) is 11.2. The quantitative estimate of drug-likeness (QED) is 0.227. The molecule has 0 amide bonds. The van der Waals surface area contributed by atoms with Gasteiger partial charge in [-0.3, -0.25) is 0 Å². The summed E-state index contributed by atoms with van der Waals surface area (Å²) in [5.74, 6) is -2.42. The Kier molecular flexibility index (Phi) is 6.39. The number of phenolic OH excluding ortho intramolecular Hbond substituents is 1. The number of aromatic nitrogens is 4. The molecule has 1 saturated heterocycles. The summed E-state index contributed by atoms with van der Waals surface area (Å²) in [5, 5.41) is 18.0. The van der Waals surface area contributed by atoms with Crippen molar-refractivity contribution >= 4 is 45.3 Å². The number of benzene rings is 2. The number of phenols is 1.